The van der Waals surface area contributed by atoms with Gasteiger partial charge in [-0.2, -0.15) is 0 Å². The maximum atomic E-state index is 12.7. The zero-order valence-corrected chi connectivity index (χ0v) is 15.8. The zero-order chi connectivity index (χ0) is 19.3. The van der Waals surface area contributed by atoms with E-state index in [0.717, 1.165) is 0 Å². The monoisotopic (exact) mass is 361 g/mol. The first-order chi connectivity index (χ1) is 13.0. The maximum absolute atomic E-state index is 12.7. The highest BCUT2D eigenvalue weighted by molar-refractivity contribution is 5.96. The number of carbonyl (C=O) groups excluding carboxylic acids is 1. The van der Waals surface area contributed by atoms with Crippen LogP contribution in [0.2, 0.25) is 0 Å². The number of hydrogen-bond acceptors (Lipinski definition) is 4. The van der Waals surface area contributed by atoms with Gasteiger partial charge in [-0.15, -0.1) is 0 Å². The van der Waals surface area contributed by atoms with Gasteiger partial charge in [0.05, 0.1) is 6.20 Å². The first-order valence-corrected chi connectivity index (χ1v) is 8.84. The minimum Gasteiger partial charge on any atom is -0.437 e. The first kappa shape index (κ1) is 18.6. The number of nitrogens with zero attached hydrogens (tertiary/aromatic N) is 2. The molecule has 0 unspecified atom stereocenters. The lowest BCUT2D eigenvalue weighted by atomic mass is 9.84. The number of aryl methyl sites for hydroxylation is 1. The summed E-state index contributed by atoms with van der Waals surface area (Å²) in [5.41, 5.74) is 2.58. The Hall–Kier alpha value is -3.21. The Labute approximate surface area is 159 Å². The normalized spacial score (nSPS) is 11.1. The van der Waals surface area contributed by atoms with Gasteiger partial charge in [0, 0.05) is 24.4 Å². The second-order valence-corrected chi connectivity index (χ2v) is 7.08. The molecule has 0 fully saturated rings. The van der Waals surface area contributed by atoms with Crippen molar-refractivity contribution >= 4 is 5.91 Å². The van der Waals surface area contributed by atoms with Gasteiger partial charge in [0.15, 0.2) is 0 Å². The molecule has 0 aliphatic carbocycles. The lowest BCUT2D eigenvalue weighted by Gasteiger charge is -2.26. The molecular formula is C22H23N3O2. The summed E-state index contributed by atoms with van der Waals surface area (Å²) < 4.78 is 5.73. The third-order valence-corrected chi connectivity index (χ3v) is 4.39. The largest absolute Gasteiger partial charge is 0.437 e. The molecule has 3 aromatic rings. The minimum absolute atomic E-state index is 0.198. The van der Waals surface area contributed by atoms with E-state index in [9.17, 15) is 4.79 Å². The molecule has 2 aromatic heterocycles. The Bertz CT molecular complexity index is 906. The minimum atomic E-state index is -0.220. The molecule has 138 valence electrons. The molecule has 0 bridgehead atoms. The van der Waals surface area contributed by atoms with Gasteiger partial charge in [-0.25, -0.2) is 4.98 Å². The second kappa shape index (κ2) is 7.99. The Morgan fingerprint density at radius 3 is 2.52 bits per heavy atom. The fourth-order valence-electron chi connectivity index (χ4n) is 2.67. The predicted octanol–water partition coefficient (Wildman–Crippen LogP) is 4.28. The number of amides is 1. The highest BCUT2D eigenvalue weighted by atomic mass is 16.5. The van der Waals surface area contributed by atoms with Crippen molar-refractivity contribution < 1.29 is 9.53 Å². The van der Waals surface area contributed by atoms with Crippen LogP contribution in [0.1, 0.15) is 35.3 Å². The average Bonchev–Trinajstić information content (AvgIpc) is 2.68. The van der Waals surface area contributed by atoms with E-state index in [4.69, 9.17) is 4.74 Å². The Kier molecular flexibility index (Phi) is 5.50. The maximum Gasteiger partial charge on any atom is 0.256 e. The van der Waals surface area contributed by atoms with Crippen LogP contribution in [-0.2, 0) is 5.41 Å². The summed E-state index contributed by atoms with van der Waals surface area (Å²) in [5, 5.41) is 3.00. The molecule has 0 aliphatic rings. The van der Waals surface area contributed by atoms with Gasteiger partial charge in [-0.3, -0.25) is 9.78 Å². The molecule has 5 heteroatoms. The second-order valence-electron chi connectivity index (χ2n) is 7.08. The van der Waals surface area contributed by atoms with Gasteiger partial charge in [-0.1, -0.05) is 43.7 Å². The van der Waals surface area contributed by atoms with Crippen LogP contribution in [0.4, 0.5) is 0 Å². The van der Waals surface area contributed by atoms with Crippen LogP contribution < -0.4 is 10.1 Å². The smallest absolute Gasteiger partial charge is 0.256 e. The molecule has 0 saturated carbocycles. The standard InChI is InChI=1S/C22H23N3O2/c1-16-8-10-17(11-9-16)22(2,3)15-25-20(26)19-7-5-13-24-21(19)27-18-6-4-12-23-14-18/h4-14H,15H2,1-3H3,(H,25,26). The van der Waals surface area contributed by atoms with Gasteiger partial charge in [0.25, 0.3) is 5.91 Å². The number of ether oxygens (including phenoxy) is 1. The van der Waals surface area contributed by atoms with Crippen molar-refractivity contribution in [2.45, 2.75) is 26.2 Å². The van der Waals surface area contributed by atoms with Crippen molar-refractivity contribution in [2.75, 3.05) is 6.54 Å². The summed E-state index contributed by atoms with van der Waals surface area (Å²) in [4.78, 5) is 20.9. The van der Waals surface area contributed by atoms with E-state index in [1.807, 2.05) is 0 Å². The number of hydrogen-bond donors (Lipinski definition) is 1. The van der Waals surface area contributed by atoms with E-state index in [1.165, 1.54) is 11.1 Å². The third-order valence-electron chi connectivity index (χ3n) is 4.39. The van der Waals surface area contributed by atoms with Crippen LogP contribution in [0.25, 0.3) is 0 Å². The van der Waals surface area contributed by atoms with Gasteiger partial charge in [-0.05, 0) is 36.8 Å². The van der Waals surface area contributed by atoms with E-state index in [1.54, 1.807) is 42.9 Å². The summed E-state index contributed by atoms with van der Waals surface area (Å²) >= 11 is 0. The molecule has 0 saturated heterocycles. The number of pyridine rings is 2. The molecule has 27 heavy (non-hydrogen) atoms. The molecule has 1 amide bonds. The topological polar surface area (TPSA) is 64.1 Å². The fraction of sp³-hybridized carbons (Fsp3) is 0.227. The molecule has 2 heterocycles. The summed E-state index contributed by atoms with van der Waals surface area (Å²) in [6.07, 6.45) is 4.83. The Balaban J connectivity index is 1.72. The first-order valence-electron chi connectivity index (χ1n) is 8.84. The molecule has 0 atom stereocenters. The highest BCUT2D eigenvalue weighted by Gasteiger charge is 2.23. The molecule has 0 radical (unpaired) electrons. The van der Waals surface area contributed by atoms with Crippen LogP contribution >= 0.6 is 0 Å². The molecule has 3 rings (SSSR count). The lowest BCUT2D eigenvalue weighted by molar-refractivity contribution is 0.0942. The Morgan fingerprint density at radius 1 is 1.07 bits per heavy atom. The van der Waals surface area contributed by atoms with Gasteiger partial charge < -0.3 is 10.1 Å². The predicted molar refractivity (Wildman–Crippen MR) is 105 cm³/mol. The SMILES string of the molecule is Cc1ccc(C(C)(C)CNC(=O)c2cccnc2Oc2cccnc2)cc1. The van der Waals surface area contributed by atoms with Crippen LogP contribution in [0.5, 0.6) is 11.6 Å². The fourth-order valence-corrected chi connectivity index (χ4v) is 2.67. The number of nitrogens with one attached hydrogen (secondary N) is 1. The average molecular weight is 361 g/mol. The van der Waals surface area contributed by atoms with Crippen molar-refractivity contribution in [1.82, 2.24) is 15.3 Å². The van der Waals surface area contributed by atoms with E-state index in [2.05, 4.69) is 60.3 Å². The van der Waals surface area contributed by atoms with Crippen LogP contribution in [0.3, 0.4) is 0 Å². The number of benzene rings is 1. The van der Waals surface area contributed by atoms with Crippen LogP contribution in [0, 0.1) is 6.92 Å². The number of aromatic nitrogens is 2. The van der Waals surface area contributed by atoms with Crippen molar-refractivity contribution in [3.63, 3.8) is 0 Å². The van der Waals surface area contributed by atoms with Gasteiger partial charge >= 0.3 is 0 Å². The van der Waals surface area contributed by atoms with E-state index in [0.29, 0.717) is 17.9 Å². The molecule has 0 aliphatic heterocycles. The number of rotatable bonds is 6. The van der Waals surface area contributed by atoms with Crippen molar-refractivity contribution in [1.29, 1.82) is 0 Å². The van der Waals surface area contributed by atoms with Crippen LogP contribution in [-0.4, -0.2) is 22.4 Å². The molecule has 1 aromatic carbocycles. The third kappa shape index (κ3) is 4.70. The van der Waals surface area contributed by atoms with Gasteiger partial charge in [0.1, 0.15) is 11.3 Å². The molecule has 5 nitrogen and oxygen atoms in total. The number of carbonyl (C=O) groups is 1. The molecular weight excluding hydrogens is 338 g/mol. The highest BCUT2D eigenvalue weighted by Crippen LogP contribution is 2.24. The van der Waals surface area contributed by atoms with Crippen molar-refractivity contribution in [3.8, 4) is 11.6 Å². The molecule has 1 N–H and O–H groups in total. The molecule has 0 spiro atoms. The summed E-state index contributed by atoms with van der Waals surface area (Å²) in [7, 11) is 0. The van der Waals surface area contributed by atoms with Gasteiger partial charge in [0.2, 0.25) is 5.88 Å². The van der Waals surface area contributed by atoms with E-state index < -0.39 is 0 Å². The van der Waals surface area contributed by atoms with Crippen LogP contribution in [0.15, 0.2) is 67.1 Å². The summed E-state index contributed by atoms with van der Waals surface area (Å²) in [5.74, 6) is 0.573. The van der Waals surface area contributed by atoms with Crippen molar-refractivity contribution in [3.05, 3.63) is 83.8 Å². The Morgan fingerprint density at radius 2 is 1.81 bits per heavy atom. The van der Waals surface area contributed by atoms with E-state index in [-0.39, 0.29) is 17.2 Å². The summed E-state index contributed by atoms with van der Waals surface area (Å²) in [6, 6.07) is 15.3. The quantitative estimate of drug-likeness (QED) is 0.711. The zero-order valence-electron chi connectivity index (χ0n) is 15.8. The van der Waals surface area contributed by atoms with Crippen molar-refractivity contribution in [2.24, 2.45) is 0 Å². The van der Waals surface area contributed by atoms with E-state index >= 15 is 0 Å². The summed E-state index contributed by atoms with van der Waals surface area (Å²) in [6.45, 7) is 6.77. The lowest BCUT2D eigenvalue weighted by Crippen LogP contribution is -2.36.